The maximum Gasteiger partial charge on any atom is 0.342 e. The van der Waals surface area contributed by atoms with E-state index < -0.39 is 72.2 Å². The summed E-state index contributed by atoms with van der Waals surface area (Å²) in [6.07, 6.45) is -9.46. The van der Waals surface area contributed by atoms with E-state index in [1.807, 2.05) is 0 Å². The molecule has 0 aromatic rings. The molecule has 0 aliphatic heterocycles. The zero-order valence-corrected chi connectivity index (χ0v) is 28.8. The van der Waals surface area contributed by atoms with Crippen molar-refractivity contribution in [2.75, 3.05) is 0 Å². The number of halogens is 2. The average Bonchev–Trinajstić information content (AvgIpc) is 2.51. The molecule has 0 saturated carbocycles. The van der Waals surface area contributed by atoms with Crippen molar-refractivity contribution >= 4 is 182 Å². The second kappa shape index (κ2) is 18.6. The molecule has 19 heteroatoms. The van der Waals surface area contributed by atoms with Crippen molar-refractivity contribution in [2.24, 2.45) is 0 Å². The van der Waals surface area contributed by atoms with E-state index in [2.05, 4.69) is 0 Å². The Balaban J connectivity index is -0.000000133. The van der Waals surface area contributed by atoms with Crippen LogP contribution in [0.3, 0.4) is 0 Å². The number of carboxylic acid groups (broad SMARTS) is 6. The molecule has 4 unspecified atom stereocenters. The van der Waals surface area contributed by atoms with Crippen molar-refractivity contribution < 1.29 is 78.4 Å². The van der Waals surface area contributed by atoms with Gasteiger partial charge in [-0.2, -0.15) is 0 Å². The summed E-state index contributed by atoms with van der Waals surface area (Å²) in [6.45, 7) is 0. The third-order valence-corrected chi connectivity index (χ3v) is 2.85. The number of carboxylic acids is 6. The molecule has 0 aliphatic rings. The Labute approximate surface area is 291 Å². The van der Waals surface area contributed by atoms with Crippen molar-refractivity contribution in [1.29, 1.82) is 0 Å². The van der Waals surface area contributed by atoms with Gasteiger partial charge in [-0.1, -0.05) is 0 Å². The third-order valence-electron chi connectivity index (χ3n) is 2.85. The van der Waals surface area contributed by atoms with Gasteiger partial charge in [0, 0.05) is 147 Å². The molecule has 0 aromatic carbocycles. The van der Waals surface area contributed by atoms with Gasteiger partial charge in [0.1, 0.15) is 0 Å². The van der Waals surface area contributed by atoms with E-state index in [4.69, 9.17) is 40.9 Å². The number of hydrogen-bond acceptors (Lipinski definition) is 8. The maximum atomic E-state index is 12.7. The minimum atomic E-state index is -3.45. The van der Waals surface area contributed by atoms with Gasteiger partial charge < -0.3 is 40.9 Å². The molecule has 4 atom stereocenters. The fourth-order valence-electron chi connectivity index (χ4n) is 1.42. The van der Waals surface area contributed by atoms with Gasteiger partial charge in [0.25, 0.3) is 0 Å². The smallest absolute Gasteiger partial charge is 0.342 e. The Kier molecular flexibility index (Phi) is 25.5. The standard InChI is InChI=1S/2C6H7FO7.3Ba/c2*7-3(4(10)11)6(14,5(12)13)1-2(8)9;;;/h2*3,14H,1H2,(H,8,9)(H,10,11)(H,12,13);;;. The van der Waals surface area contributed by atoms with Crippen LogP contribution >= 0.6 is 0 Å². The van der Waals surface area contributed by atoms with E-state index >= 15 is 0 Å². The average molecular weight is 832 g/mol. The summed E-state index contributed by atoms with van der Waals surface area (Å²) < 4.78 is 25.4. The van der Waals surface area contributed by atoms with Crippen LogP contribution in [0.15, 0.2) is 0 Å². The van der Waals surface area contributed by atoms with E-state index in [0.717, 1.165) is 0 Å². The molecule has 8 N–H and O–H groups in total. The Morgan fingerprint density at radius 1 is 0.581 bits per heavy atom. The van der Waals surface area contributed by atoms with Crippen molar-refractivity contribution in [3.8, 4) is 0 Å². The molecule has 0 rings (SSSR count). The molecule has 0 aromatic heterocycles. The summed E-state index contributed by atoms with van der Waals surface area (Å²) in [5.41, 5.74) is -6.89. The first kappa shape index (κ1) is 42.5. The van der Waals surface area contributed by atoms with Crippen LogP contribution in [0.25, 0.3) is 0 Å². The molecule has 0 heterocycles. The van der Waals surface area contributed by atoms with Crippen LogP contribution < -0.4 is 0 Å². The van der Waals surface area contributed by atoms with E-state index in [-0.39, 0.29) is 147 Å². The molecule has 0 aliphatic carbocycles. The number of alkyl halides is 2. The minimum Gasteiger partial charge on any atom is -0.481 e. The first-order valence-corrected chi connectivity index (χ1v) is 6.52. The van der Waals surface area contributed by atoms with Gasteiger partial charge >= 0.3 is 35.8 Å². The van der Waals surface area contributed by atoms with Crippen LogP contribution in [0.4, 0.5) is 8.78 Å². The fraction of sp³-hybridized carbons (Fsp3) is 0.500. The molecule has 0 saturated heterocycles. The van der Waals surface area contributed by atoms with Crippen molar-refractivity contribution in [1.82, 2.24) is 0 Å². The number of carbonyl (C=O) groups is 6. The number of aliphatic hydroxyl groups is 2. The molecule has 0 bridgehead atoms. The molecule has 14 nitrogen and oxygen atoms in total. The number of hydrogen-bond donors (Lipinski definition) is 8. The van der Waals surface area contributed by atoms with Gasteiger partial charge in [-0.05, 0) is 0 Å². The Hall–Kier alpha value is 1.31. The topological polar surface area (TPSA) is 264 Å². The van der Waals surface area contributed by atoms with Crippen LogP contribution in [0.2, 0.25) is 0 Å². The zero-order chi connectivity index (χ0) is 23.0. The normalized spacial score (nSPS) is 15.1. The van der Waals surface area contributed by atoms with E-state index in [9.17, 15) is 37.5 Å². The first-order valence-electron chi connectivity index (χ1n) is 6.52. The number of rotatable bonds is 10. The predicted molar refractivity (Wildman–Crippen MR) is 92.0 cm³/mol. The van der Waals surface area contributed by atoms with Crippen LogP contribution in [0.1, 0.15) is 12.8 Å². The first-order chi connectivity index (χ1) is 12.4. The predicted octanol–water partition coefficient (Wildman–Crippen LogP) is -3.74. The van der Waals surface area contributed by atoms with Crippen molar-refractivity contribution in [3.05, 3.63) is 0 Å². The summed E-state index contributed by atoms with van der Waals surface area (Å²) in [6, 6.07) is 0. The van der Waals surface area contributed by atoms with E-state index in [1.165, 1.54) is 0 Å². The molecule has 166 valence electrons. The molecular formula is C12H14Ba3F2O14. The van der Waals surface area contributed by atoms with Gasteiger partial charge in [0.05, 0.1) is 12.8 Å². The second-order valence-corrected chi connectivity index (χ2v) is 5.00. The monoisotopic (exact) mass is 834 g/mol. The van der Waals surface area contributed by atoms with E-state index in [1.54, 1.807) is 0 Å². The van der Waals surface area contributed by atoms with Crippen molar-refractivity contribution in [3.63, 3.8) is 0 Å². The quantitative estimate of drug-likeness (QED) is 0.0985. The summed E-state index contributed by atoms with van der Waals surface area (Å²) in [5, 5.41) is 67.0. The summed E-state index contributed by atoms with van der Waals surface area (Å²) in [5.74, 6) is -12.6. The van der Waals surface area contributed by atoms with Crippen LogP contribution in [0.5, 0.6) is 0 Å². The van der Waals surface area contributed by atoms with Gasteiger partial charge in [0.2, 0.25) is 23.5 Å². The van der Waals surface area contributed by atoms with Crippen LogP contribution in [-0.2, 0) is 28.8 Å². The van der Waals surface area contributed by atoms with Crippen LogP contribution in [-0.4, -0.2) is 247 Å². The SMILES string of the molecule is O=C(O)CC(O)(C(=O)O)C(F)C(=O)O.O=C(O)CC(O)(C(=O)O)C(F)C(=O)O.[Ba].[Ba].[Ba]. The largest absolute Gasteiger partial charge is 0.481 e. The van der Waals surface area contributed by atoms with Gasteiger partial charge in [0.15, 0.2) is 0 Å². The van der Waals surface area contributed by atoms with Crippen molar-refractivity contribution in [2.45, 2.75) is 36.4 Å². The molecule has 0 amide bonds. The minimum absolute atomic E-state index is 0. The Bertz CT molecular complexity index is 621. The molecular weight excluding hydrogens is 818 g/mol. The van der Waals surface area contributed by atoms with Gasteiger partial charge in [-0.15, -0.1) is 0 Å². The van der Waals surface area contributed by atoms with Gasteiger partial charge in [-0.3, -0.25) is 9.59 Å². The zero-order valence-electron chi connectivity index (χ0n) is 15.5. The van der Waals surface area contributed by atoms with Crippen LogP contribution in [0, 0.1) is 0 Å². The third kappa shape index (κ3) is 14.3. The molecule has 6 radical (unpaired) electrons. The summed E-state index contributed by atoms with van der Waals surface area (Å²) >= 11 is 0. The molecule has 0 fully saturated rings. The Morgan fingerprint density at radius 2 is 0.774 bits per heavy atom. The van der Waals surface area contributed by atoms with Gasteiger partial charge in [-0.25, -0.2) is 28.0 Å². The molecule has 31 heavy (non-hydrogen) atoms. The summed E-state index contributed by atoms with van der Waals surface area (Å²) in [4.78, 5) is 60.8. The summed E-state index contributed by atoms with van der Waals surface area (Å²) in [7, 11) is 0. The Morgan fingerprint density at radius 3 is 0.871 bits per heavy atom. The maximum absolute atomic E-state index is 12.7. The number of aliphatic carboxylic acids is 6. The molecule has 0 spiro atoms. The fourth-order valence-corrected chi connectivity index (χ4v) is 1.42. The second-order valence-electron chi connectivity index (χ2n) is 5.00. The van der Waals surface area contributed by atoms with E-state index in [0.29, 0.717) is 0 Å².